The first kappa shape index (κ1) is 33.5. The van der Waals surface area contributed by atoms with E-state index in [1.165, 1.54) is 0 Å². The molecular weight excluding hydrogens is 570 g/mol. The minimum Gasteiger partial charge on any atom is -0.491 e. The highest BCUT2D eigenvalue weighted by molar-refractivity contribution is 6.74. The summed E-state index contributed by atoms with van der Waals surface area (Å²) in [5.41, 5.74) is 2.60. The number of nitrogens with zero attached hydrogens (tertiary/aromatic N) is 5. The molecule has 0 saturated carbocycles. The summed E-state index contributed by atoms with van der Waals surface area (Å²) in [6, 6.07) is 9.52. The van der Waals surface area contributed by atoms with Crippen molar-refractivity contribution in [3.05, 3.63) is 47.2 Å². The van der Waals surface area contributed by atoms with Crippen LogP contribution in [0.15, 0.2) is 36.5 Å². The van der Waals surface area contributed by atoms with E-state index in [1.54, 1.807) is 18.1 Å². The lowest BCUT2D eigenvalue weighted by Crippen LogP contribution is -2.49. The average Bonchev–Trinajstić information content (AvgIpc) is 3.36. The molecule has 0 aliphatic heterocycles. The highest BCUT2D eigenvalue weighted by Crippen LogP contribution is 2.37. The molecule has 0 bridgehead atoms. The fourth-order valence-corrected chi connectivity index (χ4v) is 5.50. The highest BCUT2D eigenvalue weighted by Gasteiger charge is 2.40. The van der Waals surface area contributed by atoms with Gasteiger partial charge in [-0.1, -0.05) is 44.5 Å². The summed E-state index contributed by atoms with van der Waals surface area (Å²) < 4.78 is 20.4. The number of aromatic nitrogens is 4. The van der Waals surface area contributed by atoms with Crippen molar-refractivity contribution in [3.8, 4) is 28.5 Å². The Morgan fingerprint density at radius 2 is 1.81 bits per heavy atom. The zero-order chi connectivity index (χ0) is 31.5. The molecule has 2 heterocycles. The maximum Gasteiger partial charge on any atom is 0.410 e. The molecule has 9 nitrogen and oxygen atoms in total. The van der Waals surface area contributed by atoms with Crippen LogP contribution in [-0.2, 0) is 15.7 Å². The maximum atomic E-state index is 12.7. The van der Waals surface area contributed by atoms with Gasteiger partial charge in [0.2, 0.25) is 0 Å². The topological polar surface area (TPSA) is 91.6 Å². The van der Waals surface area contributed by atoms with Gasteiger partial charge >= 0.3 is 6.09 Å². The van der Waals surface area contributed by atoms with Crippen molar-refractivity contribution in [2.45, 2.75) is 91.8 Å². The van der Waals surface area contributed by atoms with E-state index in [4.69, 9.17) is 30.5 Å². The predicted octanol–water partition coefficient (Wildman–Crippen LogP) is 7.62. The molecule has 0 saturated heterocycles. The summed E-state index contributed by atoms with van der Waals surface area (Å²) >= 11 is 6.57. The molecule has 0 aliphatic rings. The number of carbonyl (C=O) groups is 1. The number of likely N-dealkylation sites (N-methyl/N-ethyl adjacent to an activating group) is 1. The van der Waals surface area contributed by atoms with Gasteiger partial charge in [-0.25, -0.2) is 14.8 Å². The van der Waals surface area contributed by atoms with Crippen molar-refractivity contribution in [1.29, 1.82) is 0 Å². The second-order valence-electron chi connectivity index (χ2n) is 13.0. The first-order valence-electron chi connectivity index (χ1n) is 14.3. The van der Waals surface area contributed by atoms with Crippen LogP contribution in [-0.4, -0.2) is 71.0 Å². The van der Waals surface area contributed by atoms with Crippen LogP contribution in [0.25, 0.3) is 22.8 Å². The van der Waals surface area contributed by atoms with Gasteiger partial charge in [0.05, 0.1) is 24.0 Å². The molecule has 0 radical (unpaired) electrons. The van der Waals surface area contributed by atoms with Crippen molar-refractivity contribution in [1.82, 2.24) is 24.6 Å². The van der Waals surface area contributed by atoms with E-state index >= 15 is 0 Å². The molecule has 42 heavy (non-hydrogen) atoms. The van der Waals surface area contributed by atoms with Gasteiger partial charge in [-0.2, -0.15) is 5.10 Å². The van der Waals surface area contributed by atoms with Crippen LogP contribution in [0.4, 0.5) is 4.79 Å². The Morgan fingerprint density at radius 1 is 1.12 bits per heavy atom. The lowest BCUT2D eigenvalue weighted by molar-refractivity contribution is 0.0172. The van der Waals surface area contributed by atoms with E-state index in [1.807, 2.05) is 69.6 Å². The Bertz CT molecular complexity index is 1380. The zero-order valence-electron chi connectivity index (χ0n) is 26.9. The van der Waals surface area contributed by atoms with Gasteiger partial charge in [-0.15, -0.1) is 0 Å². The van der Waals surface area contributed by atoms with Crippen molar-refractivity contribution >= 4 is 26.0 Å². The Hall–Kier alpha value is -2.95. The standard InChI is InChI=1S/C31H46ClN5O4Si/c1-12-37-25(16-17-33-37)26-21(2)27(32)35-28(34-26)22-14-13-15-23(18-22)39-20-24(41-42(10,11)31(6,7)8)19-36(9)29(38)40-30(3,4)5/h13-18,24H,12,19-20H2,1-11H3/t24-/m1/s1. The van der Waals surface area contributed by atoms with E-state index in [0.29, 0.717) is 29.8 Å². The van der Waals surface area contributed by atoms with E-state index in [-0.39, 0.29) is 17.7 Å². The molecule has 3 aromatic rings. The van der Waals surface area contributed by atoms with Gasteiger partial charge in [0.15, 0.2) is 14.1 Å². The third kappa shape index (κ3) is 8.55. The monoisotopic (exact) mass is 615 g/mol. The molecule has 0 N–H and O–H groups in total. The Balaban J connectivity index is 1.86. The first-order chi connectivity index (χ1) is 19.4. The van der Waals surface area contributed by atoms with Gasteiger partial charge in [-0.3, -0.25) is 4.68 Å². The number of aryl methyl sites for hydroxylation is 1. The van der Waals surface area contributed by atoms with Crippen LogP contribution in [0, 0.1) is 6.92 Å². The van der Waals surface area contributed by atoms with Crippen molar-refractivity contribution in [2.75, 3.05) is 20.2 Å². The van der Waals surface area contributed by atoms with Crippen LogP contribution >= 0.6 is 11.6 Å². The maximum absolute atomic E-state index is 12.7. The number of carbonyl (C=O) groups excluding carboxylic acids is 1. The summed E-state index contributed by atoms with van der Waals surface area (Å²) in [5, 5.41) is 4.76. The Labute approximate surface area is 256 Å². The molecule has 1 aromatic carbocycles. The van der Waals surface area contributed by atoms with E-state index in [9.17, 15) is 4.79 Å². The predicted molar refractivity (Wildman–Crippen MR) is 171 cm³/mol. The van der Waals surface area contributed by atoms with Gasteiger partial charge in [0.25, 0.3) is 0 Å². The average molecular weight is 616 g/mol. The third-order valence-electron chi connectivity index (χ3n) is 7.32. The molecular formula is C31H46ClN5O4Si. The number of amides is 1. The number of hydrogen-bond acceptors (Lipinski definition) is 7. The molecule has 0 unspecified atom stereocenters. The van der Waals surface area contributed by atoms with Crippen molar-refractivity contribution < 1.29 is 18.7 Å². The number of ether oxygens (including phenoxy) is 2. The third-order valence-corrected chi connectivity index (χ3v) is 12.2. The lowest BCUT2D eigenvalue weighted by Gasteiger charge is -2.40. The summed E-state index contributed by atoms with van der Waals surface area (Å²) in [7, 11) is -0.452. The Kier molecular flexibility index (Phi) is 10.5. The smallest absolute Gasteiger partial charge is 0.410 e. The summed E-state index contributed by atoms with van der Waals surface area (Å²) in [5.74, 6) is 1.13. The van der Waals surface area contributed by atoms with Gasteiger partial charge in [0, 0.05) is 30.9 Å². The molecule has 1 atom stereocenters. The first-order valence-corrected chi connectivity index (χ1v) is 17.6. The van der Waals surface area contributed by atoms with Gasteiger partial charge in [0.1, 0.15) is 23.1 Å². The fourth-order valence-electron chi connectivity index (χ4n) is 4.01. The summed E-state index contributed by atoms with van der Waals surface area (Å²) in [6.07, 6.45) is 0.991. The Morgan fingerprint density at radius 3 is 2.43 bits per heavy atom. The van der Waals surface area contributed by atoms with Crippen molar-refractivity contribution in [3.63, 3.8) is 0 Å². The summed E-state index contributed by atoms with van der Waals surface area (Å²) in [6.45, 7) is 21.7. The number of rotatable bonds is 10. The molecule has 1 amide bonds. The normalized spacial score (nSPS) is 13.1. The molecule has 0 fully saturated rings. The SMILES string of the molecule is CCn1nccc1-c1nc(-c2cccc(OC[C@@H](CN(C)C(=O)OC(C)(C)C)O[Si](C)(C)C(C)(C)C)c2)nc(Cl)c1C. The van der Waals surface area contributed by atoms with Gasteiger partial charge < -0.3 is 18.8 Å². The van der Waals surface area contributed by atoms with Gasteiger partial charge in [-0.05, 0) is 71.0 Å². The number of hydrogen-bond donors (Lipinski definition) is 0. The minimum absolute atomic E-state index is 0.0113. The molecule has 11 heteroatoms. The molecule has 230 valence electrons. The second-order valence-corrected chi connectivity index (χ2v) is 18.2. The fraction of sp³-hybridized carbons (Fsp3) is 0.548. The van der Waals surface area contributed by atoms with Crippen LogP contribution in [0.1, 0.15) is 54.0 Å². The zero-order valence-corrected chi connectivity index (χ0v) is 28.7. The lowest BCUT2D eigenvalue weighted by atomic mass is 10.1. The van der Waals surface area contributed by atoms with Crippen LogP contribution in [0.3, 0.4) is 0 Å². The van der Waals surface area contributed by atoms with E-state index in [2.05, 4.69) is 43.9 Å². The van der Waals surface area contributed by atoms with E-state index < -0.39 is 20.0 Å². The molecule has 0 spiro atoms. The number of benzene rings is 1. The van der Waals surface area contributed by atoms with E-state index in [0.717, 1.165) is 22.5 Å². The molecule has 3 rings (SSSR count). The van der Waals surface area contributed by atoms with Crippen molar-refractivity contribution in [2.24, 2.45) is 0 Å². The second kappa shape index (κ2) is 13.1. The molecule has 2 aromatic heterocycles. The molecule has 0 aliphatic carbocycles. The largest absolute Gasteiger partial charge is 0.491 e. The minimum atomic E-state index is -2.17. The van der Waals surface area contributed by atoms with Crippen LogP contribution < -0.4 is 4.74 Å². The van der Waals surface area contributed by atoms with Crippen LogP contribution in [0.2, 0.25) is 23.3 Å². The summed E-state index contributed by atoms with van der Waals surface area (Å²) in [4.78, 5) is 23.7. The van der Waals surface area contributed by atoms with Crippen LogP contribution in [0.5, 0.6) is 5.75 Å². The highest BCUT2D eigenvalue weighted by atomic mass is 35.5. The quantitative estimate of drug-likeness (QED) is 0.171. The number of halogens is 1.